The number of aliphatic hydroxyl groups excluding tert-OH is 1. The second kappa shape index (κ2) is 9.07. The van der Waals surface area contributed by atoms with Gasteiger partial charge in [0.15, 0.2) is 23.0 Å². The molecule has 2 bridgehead atoms. The first-order valence-corrected chi connectivity index (χ1v) is 13.4. The summed E-state index contributed by atoms with van der Waals surface area (Å²) in [5.74, 6) is -3.97. The van der Waals surface area contributed by atoms with Gasteiger partial charge in [0.2, 0.25) is 0 Å². The van der Waals surface area contributed by atoms with Gasteiger partial charge < -0.3 is 44.8 Å². The highest BCUT2D eigenvalue weighted by molar-refractivity contribution is 5.66. The van der Waals surface area contributed by atoms with Crippen LogP contribution in [0.2, 0.25) is 0 Å². The maximum absolute atomic E-state index is 11.8. The van der Waals surface area contributed by atoms with Crippen molar-refractivity contribution in [2.24, 2.45) is 5.92 Å². The fourth-order valence-electron chi connectivity index (χ4n) is 6.45. The zero-order chi connectivity index (χ0) is 30.4. The van der Waals surface area contributed by atoms with Crippen LogP contribution >= 0.6 is 0 Å². The molecular weight excluding hydrogens is 562 g/mol. The quantitative estimate of drug-likeness (QED) is 0.112. The van der Waals surface area contributed by atoms with Crippen molar-refractivity contribution in [2.75, 3.05) is 0 Å². The van der Waals surface area contributed by atoms with Crippen molar-refractivity contribution in [2.45, 2.75) is 37.3 Å². The highest BCUT2D eigenvalue weighted by Crippen LogP contribution is 2.63. The van der Waals surface area contributed by atoms with E-state index in [0.717, 1.165) is 0 Å². The smallest absolute Gasteiger partial charge is 0.281 e. The number of nitro benzene ring substituents is 1. The summed E-state index contributed by atoms with van der Waals surface area (Å²) in [6.45, 7) is 1.81. The normalized spacial score (nSPS) is 24.8. The van der Waals surface area contributed by atoms with Gasteiger partial charge in [-0.05, 0) is 42.0 Å². The average molecular weight is 588 g/mol. The summed E-state index contributed by atoms with van der Waals surface area (Å²) in [6.07, 6.45) is -2.17. The number of benzene rings is 4. The molecule has 4 aromatic carbocycles. The second-order valence-electron chi connectivity index (χ2n) is 11.0. The predicted molar refractivity (Wildman–Crippen MR) is 148 cm³/mol. The van der Waals surface area contributed by atoms with Crippen LogP contribution in [0, 0.1) is 16.0 Å². The molecule has 0 radical (unpaired) electrons. The lowest BCUT2D eigenvalue weighted by Gasteiger charge is -2.51. The summed E-state index contributed by atoms with van der Waals surface area (Å²) < 4.78 is 19.4. The summed E-state index contributed by atoms with van der Waals surface area (Å²) in [7, 11) is 0. The first kappa shape index (κ1) is 26.5. The third kappa shape index (κ3) is 3.79. The number of non-ortho nitro benzene ring substituents is 1. The van der Waals surface area contributed by atoms with E-state index in [-0.39, 0.29) is 46.6 Å². The van der Waals surface area contributed by atoms with Crippen LogP contribution in [0.15, 0.2) is 60.7 Å². The molecule has 6 N–H and O–H groups in total. The molecule has 220 valence electrons. The van der Waals surface area contributed by atoms with Gasteiger partial charge in [0.1, 0.15) is 29.1 Å². The van der Waals surface area contributed by atoms with Gasteiger partial charge >= 0.3 is 0 Å². The number of phenols is 5. The Balaban J connectivity index is 1.47. The first-order chi connectivity index (χ1) is 20.5. The van der Waals surface area contributed by atoms with Gasteiger partial charge in [-0.15, -0.1) is 0 Å². The Morgan fingerprint density at radius 3 is 2.23 bits per heavy atom. The monoisotopic (exact) mass is 587 g/mol. The highest BCUT2D eigenvalue weighted by Gasteiger charge is 2.58. The van der Waals surface area contributed by atoms with E-state index in [1.165, 1.54) is 60.7 Å². The van der Waals surface area contributed by atoms with Crippen molar-refractivity contribution in [3.63, 3.8) is 0 Å². The molecule has 0 saturated carbocycles. The minimum Gasteiger partial charge on any atom is -0.507 e. The van der Waals surface area contributed by atoms with E-state index in [2.05, 4.69) is 0 Å². The molecule has 5 atom stereocenters. The van der Waals surface area contributed by atoms with Gasteiger partial charge in [0.05, 0.1) is 11.0 Å². The van der Waals surface area contributed by atoms with E-state index < -0.39 is 46.3 Å². The summed E-state index contributed by atoms with van der Waals surface area (Å²) in [6, 6.07) is 13.7. The topological polar surface area (TPSA) is 192 Å². The second-order valence-corrected chi connectivity index (χ2v) is 11.0. The number of hydrogen-bond acceptors (Lipinski definition) is 11. The fraction of sp³-hybridized carbons (Fsp3) is 0.226. The molecule has 0 aromatic heterocycles. The van der Waals surface area contributed by atoms with E-state index in [1.807, 2.05) is 6.92 Å². The Morgan fingerprint density at radius 1 is 0.837 bits per heavy atom. The summed E-state index contributed by atoms with van der Waals surface area (Å²) in [4.78, 5) is 11.3. The lowest BCUT2D eigenvalue weighted by molar-refractivity contribution is -0.385. The van der Waals surface area contributed by atoms with Gasteiger partial charge in [-0.1, -0.05) is 13.0 Å². The van der Waals surface area contributed by atoms with E-state index >= 15 is 0 Å². The van der Waals surface area contributed by atoms with E-state index in [4.69, 9.17) is 14.2 Å². The molecule has 7 rings (SSSR count). The molecule has 3 heterocycles. The van der Waals surface area contributed by atoms with Crippen molar-refractivity contribution in [1.82, 2.24) is 0 Å². The fourth-order valence-corrected chi connectivity index (χ4v) is 6.45. The number of aromatic hydroxyl groups is 5. The van der Waals surface area contributed by atoms with Gasteiger partial charge in [0, 0.05) is 58.7 Å². The minimum atomic E-state index is -1.59. The lowest BCUT2D eigenvalue weighted by atomic mass is 9.70. The van der Waals surface area contributed by atoms with Crippen LogP contribution in [0.5, 0.6) is 46.0 Å². The van der Waals surface area contributed by atoms with Gasteiger partial charge in [-0.2, -0.15) is 0 Å². The van der Waals surface area contributed by atoms with Crippen LogP contribution in [-0.2, 0) is 12.2 Å². The lowest BCUT2D eigenvalue weighted by Crippen LogP contribution is -2.53. The number of phenolic OH excluding ortho intramolecular Hbond substituents is 5. The Morgan fingerprint density at radius 2 is 1.53 bits per heavy atom. The molecule has 0 spiro atoms. The van der Waals surface area contributed by atoms with Crippen molar-refractivity contribution in [3.05, 3.63) is 98.6 Å². The Hall–Kier alpha value is -5.36. The first-order valence-electron chi connectivity index (χ1n) is 13.4. The zero-order valence-corrected chi connectivity index (χ0v) is 22.5. The van der Waals surface area contributed by atoms with Crippen molar-refractivity contribution < 1.29 is 49.8 Å². The predicted octanol–water partition coefficient (Wildman–Crippen LogP) is 4.57. The molecule has 0 unspecified atom stereocenters. The molecule has 0 saturated heterocycles. The summed E-state index contributed by atoms with van der Waals surface area (Å²) in [5.41, 5.74) is 1.77. The van der Waals surface area contributed by atoms with Crippen LogP contribution < -0.4 is 14.2 Å². The molecular formula is C31H25NO11. The number of aliphatic hydroxyl groups is 1. The number of hydrogen-bond donors (Lipinski definition) is 6. The molecule has 12 nitrogen and oxygen atoms in total. The molecule has 0 fully saturated rings. The van der Waals surface area contributed by atoms with E-state index in [1.54, 1.807) is 0 Å². The Kier molecular flexibility index (Phi) is 5.60. The van der Waals surface area contributed by atoms with Crippen LogP contribution in [0.1, 0.15) is 46.8 Å². The minimum absolute atomic E-state index is 0.0306. The third-order valence-corrected chi connectivity index (χ3v) is 8.55. The number of fused-ring (bicyclic) bond motifs is 8. The number of ether oxygens (including phenoxy) is 3. The largest absolute Gasteiger partial charge is 0.507 e. The average Bonchev–Trinajstić information content (AvgIpc) is 2.96. The Bertz CT molecular complexity index is 1840. The van der Waals surface area contributed by atoms with Crippen LogP contribution in [0.4, 0.5) is 5.69 Å². The number of nitrogens with zero attached hydrogens (tertiary/aromatic N) is 1. The SMILES string of the molecule is C[C@H]1[C@H]2c3cc([N+](=O)[O-])ccc3O[C@]1(c1ccc(O)c(O)c1)Oc1cc(O)c3c(c12)O[C@H](c1ccc(O)c(O)c1)[C@@H](O)C3. The standard InChI is InChI=1S/C31H25NO11/c1-13-27-18-10-16(32(39)40)4-7-25(18)42-31(13,15-3-6-20(34)23(37)9-15)43-26-12-21(35)17-11-24(38)29(41-30(17)28(26)27)14-2-5-19(33)22(36)8-14/h2-10,12-13,24,27,29,33-38H,11H2,1H3/t13-,24-,27-,29+,31-/m0/s1. The molecule has 3 aliphatic heterocycles. The number of rotatable bonds is 3. The van der Waals surface area contributed by atoms with Crippen LogP contribution in [0.3, 0.4) is 0 Å². The van der Waals surface area contributed by atoms with Crippen molar-refractivity contribution in [3.8, 4) is 46.0 Å². The summed E-state index contributed by atoms with van der Waals surface area (Å²) in [5, 5.41) is 74.1. The third-order valence-electron chi connectivity index (χ3n) is 8.55. The van der Waals surface area contributed by atoms with Gasteiger partial charge in [-0.25, -0.2) is 0 Å². The molecule has 0 aliphatic carbocycles. The van der Waals surface area contributed by atoms with Crippen LogP contribution in [-0.4, -0.2) is 41.7 Å². The molecule has 43 heavy (non-hydrogen) atoms. The molecule has 0 amide bonds. The van der Waals surface area contributed by atoms with Crippen LogP contribution in [0.25, 0.3) is 0 Å². The maximum Gasteiger partial charge on any atom is 0.281 e. The highest BCUT2D eigenvalue weighted by atomic mass is 16.7. The van der Waals surface area contributed by atoms with E-state index in [9.17, 15) is 40.8 Å². The maximum atomic E-state index is 11.8. The Labute approximate surface area is 243 Å². The van der Waals surface area contributed by atoms with Crippen molar-refractivity contribution in [1.29, 1.82) is 0 Å². The molecule has 4 aromatic rings. The van der Waals surface area contributed by atoms with Gasteiger partial charge in [0.25, 0.3) is 11.5 Å². The van der Waals surface area contributed by atoms with E-state index in [0.29, 0.717) is 27.8 Å². The number of nitro groups is 1. The molecule has 12 heteroatoms. The zero-order valence-electron chi connectivity index (χ0n) is 22.5. The summed E-state index contributed by atoms with van der Waals surface area (Å²) >= 11 is 0. The van der Waals surface area contributed by atoms with Gasteiger partial charge in [-0.3, -0.25) is 10.1 Å². The van der Waals surface area contributed by atoms with Crippen molar-refractivity contribution >= 4 is 5.69 Å². The molecule has 3 aliphatic rings.